The largest absolute Gasteiger partial charge is 0.417 e. The van der Waals surface area contributed by atoms with Gasteiger partial charge < -0.3 is 5.32 Å². The smallest absolute Gasteiger partial charge is 0.340 e. The number of aromatic nitrogens is 4. The molecule has 0 aliphatic carbocycles. The van der Waals surface area contributed by atoms with Gasteiger partial charge in [-0.15, -0.1) is 5.10 Å². The van der Waals surface area contributed by atoms with Crippen LogP contribution in [-0.2, 0) is 6.18 Å². The van der Waals surface area contributed by atoms with Crippen LogP contribution >= 0.6 is 11.6 Å². The van der Waals surface area contributed by atoms with Gasteiger partial charge in [-0.2, -0.15) is 22.9 Å². The Morgan fingerprint density at radius 1 is 0.848 bits per heavy atom. The Kier molecular flexibility index (Phi) is 5.22. The number of rotatable bonds is 4. The van der Waals surface area contributed by atoms with E-state index < -0.39 is 11.7 Å². The monoisotopic (exact) mass is 465 g/mol. The van der Waals surface area contributed by atoms with Crippen molar-refractivity contribution < 1.29 is 13.2 Å². The van der Waals surface area contributed by atoms with E-state index in [0.717, 1.165) is 34.0 Å². The third kappa shape index (κ3) is 4.12. The zero-order valence-corrected chi connectivity index (χ0v) is 17.6. The van der Waals surface area contributed by atoms with Gasteiger partial charge in [0.15, 0.2) is 0 Å². The lowest BCUT2D eigenvalue weighted by atomic mass is 10.0. The fourth-order valence-corrected chi connectivity index (χ4v) is 3.82. The Hall–Kier alpha value is -3.91. The summed E-state index contributed by atoms with van der Waals surface area (Å²) in [6, 6.07) is 20.6. The standard InChI is InChI=1S/C24H15ClF3N5/c25-19-9-8-17(14-18(19)24(26,27)28)31-21-13-16(10-12-29-21)22-20-7-4-11-30-33(20)32-23(22)15-5-2-1-3-6-15/h1-14H,(H,29,31). The van der Waals surface area contributed by atoms with E-state index in [-0.39, 0.29) is 10.7 Å². The van der Waals surface area contributed by atoms with Gasteiger partial charge in [-0.05, 0) is 48.0 Å². The summed E-state index contributed by atoms with van der Waals surface area (Å²) in [4.78, 5) is 4.27. The molecule has 0 amide bonds. The van der Waals surface area contributed by atoms with E-state index in [4.69, 9.17) is 11.6 Å². The van der Waals surface area contributed by atoms with Crippen molar-refractivity contribution in [3.63, 3.8) is 0 Å². The van der Waals surface area contributed by atoms with E-state index in [1.807, 2.05) is 48.5 Å². The van der Waals surface area contributed by atoms with Crippen LogP contribution < -0.4 is 5.32 Å². The van der Waals surface area contributed by atoms with Crippen LogP contribution in [-0.4, -0.2) is 19.8 Å². The van der Waals surface area contributed by atoms with Crippen LogP contribution in [0.1, 0.15) is 5.56 Å². The quantitative estimate of drug-likeness (QED) is 0.314. The first-order valence-corrected chi connectivity index (χ1v) is 10.3. The summed E-state index contributed by atoms with van der Waals surface area (Å²) in [5, 5.41) is 11.5. The summed E-state index contributed by atoms with van der Waals surface area (Å²) in [5.41, 5.74) is 3.38. The third-order valence-electron chi connectivity index (χ3n) is 5.06. The number of anilines is 2. The predicted octanol–water partition coefficient (Wildman–Crippen LogP) is 6.87. The Labute approximate surface area is 191 Å². The molecule has 3 aromatic heterocycles. The first-order valence-electron chi connectivity index (χ1n) is 9.90. The Morgan fingerprint density at radius 3 is 2.45 bits per heavy atom. The zero-order valence-electron chi connectivity index (χ0n) is 16.9. The van der Waals surface area contributed by atoms with Crippen molar-refractivity contribution in [3.8, 4) is 22.4 Å². The Morgan fingerprint density at radius 2 is 1.67 bits per heavy atom. The van der Waals surface area contributed by atoms with E-state index in [2.05, 4.69) is 20.5 Å². The van der Waals surface area contributed by atoms with Crippen LogP contribution in [0.15, 0.2) is 85.2 Å². The molecule has 2 aromatic carbocycles. The molecular weight excluding hydrogens is 451 g/mol. The molecule has 0 atom stereocenters. The lowest BCUT2D eigenvalue weighted by Gasteiger charge is -2.12. The SMILES string of the molecule is FC(F)(F)c1cc(Nc2cc(-c3c(-c4ccccc4)nn4ncccc34)ccn2)ccc1Cl. The van der Waals surface area contributed by atoms with Gasteiger partial charge in [0.1, 0.15) is 11.5 Å². The van der Waals surface area contributed by atoms with Crippen molar-refractivity contribution in [2.24, 2.45) is 0 Å². The summed E-state index contributed by atoms with van der Waals surface area (Å²) in [6.07, 6.45) is -1.32. The summed E-state index contributed by atoms with van der Waals surface area (Å²) in [7, 11) is 0. The number of nitrogens with zero attached hydrogens (tertiary/aromatic N) is 4. The van der Waals surface area contributed by atoms with Crippen LogP contribution in [0, 0.1) is 0 Å². The van der Waals surface area contributed by atoms with Crippen LogP contribution in [0.3, 0.4) is 0 Å². The molecule has 0 aliphatic rings. The highest BCUT2D eigenvalue weighted by atomic mass is 35.5. The van der Waals surface area contributed by atoms with Crippen molar-refractivity contribution >= 4 is 28.6 Å². The molecule has 0 saturated heterocycles. The molecule has 0 spiro atoms. The normalized spacial score (nSPS) is 11.6. The van der Waals surface area contributed by atoms with Gasteiger partial charge >= 0.3 is 6.18 Å². The molecule has 0 bridgehead atoms. The number of nitrogens with one attached hydrogen (secondary N) is 1. The number of alkyl halides is 3. The highest BCUT2D eigenvalue weighted by Crippen LogP contribution is 2.38. The molecule has 0 aliphatic heterocycles. The summed E-state index contributed by atoms with van der Waals surface area (Å²) in [6.45, 7) is 0. The number of benzene rings is 2. The second kappa shape index (κ2) is 8.22. The number of hydrogen-bond donors (Lipinski definition) is 1. The van der Waals surface area contributed by atoms with Crippen molar-refractivity contribution in [1.82, 2.24) is 19.8 Å². The van der Waals surface area contributed by atoms with Crippen molar-refractivity contribution in [2.75, 3.05) is 5.32 Å². The van der Waals surface area contributed by atoms with Crippen molar-refractivity contribution in [2.45, 2.75) is 6.18 Å². The van der Waals surface area contributed by atoms with Gasteiger partial charge in [-0.3, -0.25) is 0 Å². The number of hydrogen-bond acceptors (Lipinski definition) is 4. The van der Waals surface area contributed by atoms with E-state index in [1.165, 1.54) is 12.1 Å². The van der Waals surface area contributed by atoms with Crippen molar-refractivity contribution in [1.29, 1.82) is 0 Å². The van der Waals surface area contributed by atoms with Crippen LogP contribution in [0.5, 0.6) is 0 Å². The first-order chi connectivity index (χ1) is 15.9. The number of fused-ring (bicyclic) bond motifs is 1. The summed E-state index contributed by atoms with van der Waals surface area (Å²) >= 11 is 5.73. The number of halogens is 4. The van der Waals surface area contributed by atoms with Gasteiger partial charge in [0.25, 0.3) is 0 Å². The third-order valence-corrected chi connectivity index (χ3v) is 5.39. The molecule has 3 heterocycles. The van der Waals surface area contributed by atoms with Crippen molar-refractivity contribution in [3.05, 3.63) is 95.8 Å². The lowest BCUT2D eigenvalue weighted by molar-refractivity contribution is -0.137. The highest BCUT2D eigenvalue weighted by molar-refractivity contribution is 6.31. The average Bonchev–Trinajstić information content (AvgIpc) is 3.20. The van der Waals surface area contributed by atoms with E-state index in [1.54, 1.807) is 23.1 Å². The van der Waals surface area contributed by atoms with Crippen LogP contribution in [0.2, 0.25) is 5.02 Å². The highest BCUT2D eigenvalue weighted by Gasteiger charge is 2.33. The molecule has 1 N–H and O–H groups in total. The topological polar surface area (TPSA) is 55.1 Å². The maximum Gasteiger partial charge on any atom is 0.417 e. The van der Waals surface area contributed by atoms with Gasteiger partial charge in [0.05, 0.1) is 16.1 Å². The minimum atomic E-state index is -4.56. The fraction of sp³-hybridized carbons (Fsp3) is 0.0417. The molecule has 5 nitrogen and oxygen atoms in total. The van der Waals surface area contributed by atoms with E-state index in [0.29, 0.717) is 5.82 Å². The molecule has 33 heavy (non-hydrogen) atoms. The zero-order chi connectivity index (χ0) is 23.0. The van der Waals surface area contributed by atoms with Crippen LogP contribution in [0.4, 0.5) is 24.7 Å². The molecule has 0 saturated carbocycles. The lowest BCUT2D eigenvalue weighted by Crippen LogP contribution is -2.06. The fourth-order valence-electron chi connectivity index (χ4n) is 3.60. The number of pyridine rings is 1. The molecular formula is C24H15ClF3N5. The molecule has 0 unspecified atom stereocenters. The van der Waals surface area contributed by atoms with E-state index in [9.17, 15) is 13.2 Å². The second-order valence-electron chi connectivity index (χ2n) is 7.24. The molecule has 0 fully saturated rings. The second-order valence-corrected chi connectivity index (χ2v) is 7.64. The maximum atomic E-state index is 13.2. The molecule has 5 rings (SSSR count). The molecule has 9 heteroatoms. The predicted molar refractivity (Wildman–Crippen MR) is 121 cm³/mol. The average molecular weight is 466 g/mol. The van der Waals surface area contributed by atoms with Gasteiger partial charge in [0.2, 0.25) is 0 Å². The van der Waals surface area contributed by atoms with E-state index >= 15 is 0 Å². The minimum absolute atomic E-state index is 0.223. The minimum Gasteiger partial charge on any atom is -0.340 e. The van der Waals surface area contributed by atoms with Crippen LogP contribution in [0.25, 0.3) is 27.9 Å². The van der Waals surface area contributed by atoms with Gasteiger partial charge in [-0.1, -0.05) is 41.9 Å². The molecule has 0 radical (unpaired) electrons. The first kappa shape index (κ1) is 21.0. The summed E-state index contributed by atoms with van der Waals surface area (Å²) < 4.78 is 41.2. The van der Waals surface area contributed by atoms with Gasteiger partial charge in [0, 0.05) is 29.2 Å². The molecule has 5 aromatic rings. The summed E-state index contributed by atoms with van der Waals surface area (Å²) in [5.74, 6) is 0.380. The molecule has 164 valence electrons. The van der Waals surface area contributed by atoms with Gasteiger partial charge in [-0.25, -0.2) is 4.98 Å². The Bertz CT molecular complexity index is 1450. The maximum absolute atomic E-state index is 13.2. The Balaban J connectivity index is 1.59.